The third-order valence-corrected chi connectivity index (χ3v) is 4.18. The number of rotatable bonds is 1. The fraction of sp³-hybridized carbons (Fsp3) is 0.333. The van der Waals surface area contributed by atoms with Crippen molar-refractivity contribution in [2.24, 2.45) is 0 Å². The van der Waals surface area contributed by atoms with Crippen LogP contribution in [0.1, 0.15) is 36.9 Å². The van der Waals surface area contributed by atoms with Gasteiger partial charge in [-0.2, -0.15) is 0 Å². The maximum Gasteiger partial charge on any atom is 0.220 e. The Bertz CT molecular complexity index is 625. The van der Waals surface area contributed by atoms with Crippen LogP contribution in [0.5, 0.6) is 0 Å². The maximum absolute atomic E-state index is 5.89. The van der Waals surface area contributed by atoms with Crippen LogP contribution in [0.4, 0.5) is 5.95 Å². The molecule has 1 atom stereocenters. The lowest BCUT2D eigenvalue weighted by molar-refractivity contribution is 0.572. The zero-order valence-corrected chi connectivity index (χ0v) is 12.4. The van der Waals surface area contributed by atoms with Crippen LogP contribution in [0.25, 0.3) is 11.3 Å². The molecule has 3 rings (SSSR count). The van der Waals surface area contributed by atoms with Gasteiger partial charge in [0, 0.05) is 15.6 Å². The Morgan fingerprint density at radius 3 is 2.95 bits per heavy atom. The zero-order valence-electron chi connectivity index (χ0n) is 10.9. The molecule has 0 amide bonds. The monoisotopic (exact) mass is 317 g/mol. The Kier molecular flexibility index (Phi) is 3.27. The molecule has 1 aliphatic carbocycles. The van der Waals surface area contributed by atoms with Crippen LogP contribution in [0.2, 0.25) is 0 Å². The summed E-state index contributed by atoms with van der Waals surface area (Å²) in [6, 6.07) is 8.20. The van der Waals surface area contributed by atoms with Crippen molar-refractivity contribution in [1.29, 1.82) is 0 Å². The minimum absolute atomic E-state index is 0.377. The highest BCUT2D eigenvalue weighted by molar-refractivity contribution is 9.10. The first-order valence-corrected chi connectivity index (χ1v) is 7.36. The van der Waals surface area contributed by atoms with E-state index < -0.39 is 0 Å². The molecule has 1 unspecified atom stereocenters. The number of nitrogen functional groups attached to an aromatic ring is 1. The van der Waals surface area contributed by atoms with Gasteiger partial charge in [0.25, 0.3) is 0 Å². The molecule has 0 spiro atoms. The number of halogens is 1. The topological polar surface area (TPSA) is 51.8 Å². The lowest BCUT2D eigenvalue weighted by atomic mass is 9.86. The van der Waals surface area contributed by atoms with Crippen molar-refractivity contribution in [1.82, 2.24) is 9.97 Å². The van der Waals surface area contributed by atoms with Gasteiger partial charge in [-0.15, -0.1) is 0 Å². The summed E-state index contributed by atoms with van der Waals surface area (Å²) in [7, 11) is 0. The normalized spacial score (nSPS) is 18.1. The summed E-state index contributed by atoms with van der Waals surface area (Å²) in [6.07, 6.45) is 3.42. The van der Waals surface area contributed by atoms with Gasteiger partial charge in [-0.25, -0.2) is 9.97 Å². The Morgan fingerprint density at radius 1 is 1.32 bits per heavy atom. The van der Waals surface area contributed by atoms with Crippen LogP contribution in [-0.2, 0) is 6.42 Å². The summed E-state index contributed by atoms with van der Waals surface area (Å²) in [5.41, 5.74) is 10.4. The van der Waals surface area contributed by atoms with E-state index in [1.807, 2.05) is 12.1 Å². The van der Waals surface area contributed by atoms with Crippen LogP contribution >= 0.6 is 15.9 Å². The summed E-state index contributed by atoms with van der Waals surface area (Å²) in [5, 5.41) is 0. The average Bonchev–Trinajstić information content (AvgIpc) is 2.39. The van der Waals surface area contributed by atoms with Crippen LogP contribution < -0.4 is 5.73 Å². The fourth-order valence-corrected chi connectivity index (χ4v) is 3.17. The first-order valence-electron chi connectivity index (χ1n) is 6.57. The standard InChI is InChI=1S/C15H16BrN3/c1-9-4-2-7-12-13(9)18-15(17)19-14(12)10-5-3-6-11(16)8-10/h3,5-6,8-9H,2,4,7H2,1H3,(H2,17,18,19). The molecule has 0 fully saturated rings. The second-order valence-corrected chi connectivity index (χ2v) is 6.01. The highest BCUT2D eigenvalue weighted by Gasteiger charge is 2.23. The number of anilines is 1. The van der Waals surface area contributed by atoms with Gasteiger partial charge >= 0.3 is 0 Å². The second kappa shape index (κ2) is 4.93. The summed E-state index contributed by atoms with van der Waals surface area (Å²) in [6.45, 7) is 2.22. The molecule has 1 aliphatic rings. The van der Waals surface area contributed by atoms with Crippen LogP contribution in [-0.4, -0.2) is 9.97 Å². The van der Waals surface area contributed by atoms with Gasteiger partial charge in [0.05, 0.1) is 11.4 Å². The highest BCUT2D eigenvalue weighted by Crippen LogP contribution is 2.36. The van der Waals surface area contributed by atoms with E-state index in [-0.39, 0.29) is 0 Å². The number of aromatic nitrogens is 2. The van der Waals surface area contributed by atoms with Gasteiger partial charge in [0.2, 0.25) is 5.95 Å². The van der Waals surface area contributed by atoms with Crippen molar-refractivity contribution in [2.45, 2.75) is 32.1 Å². The molecule has 4 heteroatoms. The van der Waals surface area contributed by atoms with Crippen molar-refractivity contribution in [3.63, 3.8) is 0 Å². The van der Waals surface area contributed by atoms with E-state index in [1.54, 1.807) is 0 Å². The van der Waals surface area contributed by atoms with Gasteiger partial charge < -0.3 is 5.73 Å². The first-order chi connectivity index (χ1) is 9.15. The quantitative estimate of drug-likeness (QED) is 0.867. The molecule has 0 aliphatic heterocycles. The number of nitrogens with two attached hydrogens (primary N) is 1. The molecule has 2 N–H and O–H groups in total. The summed E-state index contributed by atoms with van der Waals surface area (Å²) < 4.78 is 1.06. The minimum Gasteiger partial charge on any atom is -0.368 e. The average molecular weight is 318 g/mol. The molecule has 0 radical (unpaired) electrons. The Hall–Kier alpha value is -1.42. The van der Waals surface area contributed by atoms with Crippen LogP contribution in [0, 0.1) is 0 Å². The smallest absolute Gasteiger partial charge is 0.220 e. The third-order valence-electron chi connectivity index (χ3n) is 3.69. The van der Waals surface area contributed by atoms with E-state index >= 15 is 0 Å². The first kappa shape index (κ1) is 12.6. The lowest BCUT2D eigenvalue weighted by Gasteiger charge is -2.23. The summed E-state index contributed by atoms with van der Waals surface area (Å²) in [4.78, 5) is 8.94. The fourth-order valence-electron chi connectivity index (χ4n) is 2.77. The number of fused-ring (bicyclic) bond motifs is 1. The van der Waals surface area contributed by atoms with Gasteiger partial charge in [-0.05, 0) is 37.3 Å². The van der Waals surface area contributed by atoms with Crippen molar-refractivity contribution < 1.29 is 0 Å². The highest BCUT2D eigenvalue weighted by atomic mass is 79.9. The molecule has 3 nitrogen and oxygen atoms in total. The SMILES string of the molecule is CC1CCCc2c(-c3cccc(Br)c3)nc(N)nc21. The molecular weight excluding hydrogens is 302 g/mol. The second-order valence-electron chi connectivity index (χ2n) is 5.10. The minimum atomic E-state index is 0.377. The van der Waals surface area contributed by atoms with E-state index in [4.69, 9.17) is 5.73 Å². The number of hydrogen-bond donors (Lipinski definition) is 1. The molecule has 0 saturated heterocycles. The van der Waals surface area contributed by atoms with E-state index in [1.165, 1.54) is 18.4 Å². The van der Waals surface area contributed by atoms with Gasteiger partial charge in [-0.1, -0.05) is 35.0 Å². The van der Waals surface area contributed by atoms with Crippen molar-refractivity contribution in [2.75, 3.05) is 5.73 Å². The number of hydrogen-bond acceptors (Lipinski definition) is 3. The van der Waals surface area contributed by atoms with E-state index in [9.17, 15) is 0 Å². The summed E-state index contributed by atoms with van der Waals surface area (Å²) >= 11 is 3.51. The van der Waals surface area contributed by atoms with Crippen LogP contribution in [0.15, 0.2) is 28.7 Å². The molecular formula is C15H16BrN3. The molecule has 98 valence electrons. The number of benzene rings is 1. The van der Waals surface area contributed by atoms with E-state index in [0.29, 0.717) is 11.9 Å². The number of nitrogens with zero attached hydrogens (tertiary/aromatic N) is 2. The molecule has 19 heavy (non-hydrogen) atoms. The lowest BCUT2D eigenvalue weighted by Crippen LogP contribution is -2.14. The van der Waals surface area contributed by atoms with Crippen molar-refractivity contribution in [3.05, 3.63) is 40.0 Å². The van der Waals surface area contributed by atoms with E-state index in [0.717, 1.165) is 27.8 Å². The maximum atomic E-state index is 5.89. The Morgan fingerprint density at radius 2 is 2.16 bits per heavy atom. The molecule has 1 aromatic carbocycles. The van der Waals surface area contributed by atoms with Crippen molar-refractivity contribution in [3.8, 4) is 11.3 Å². The Balaban J connectivity index is 2.21. The molecule has 0 bridgehead atoms. The molecule has 2 aromatic rings. The van der Waals surface area contributed by atoms with Gasteiger partial charge in [0.1, 0.15) is 0 Å². The van der Waals surface area contributed by atoms with Crippen LogP contribution in [0.3, 0.4) is 0 Å². The zero-order chi connectivity index (χ0) is 13.4. The van der Waals surface area contributed by atoms with E-state index in [2.05, 4.69) is 45.0 Å². The molecule has 1 heterocycles. The van der Waals surface area contributed by atoms with Gasteiger partial charge in [0.15, 0.2) is 0 Å². The Labute approximate surface area is 121 Å². The molecule has 0 saturated carbocycles. The predicted molar refractivity (Wildman–Crippen MR) is 80.9 cm³/mol. The largest absolute Gasteiger partial charge is 0.368 e. The summed E-state index contributed by atoms with van der Waals surface area (Å²) in [5.74, 6) is 0.849. The van der Waals surface area contributed by atoms with Crippen molar-refractivity contribution >= 4 is 21.9 Å². The predicted octanol–water partition coefficient (Wildman–Crippen LogP) is 3.93. The molecule has 1 aromatic heterocycles. The van der Waals surface area contributed by atoms with Gasteiger partial charge in [-0.3, -0.25) is 0 Å². The third kappa shape index (κ3) is 2.37.